The van der Waals surface area contributed by atoms with Crippen LogP contribution in [0.15, 0.2) is 0 Å². The highest BCUT2D eigenvalue weighted by molar-refractivity contribution is 5.80. The highest BCUT2D eigenvalue weighted by Crippen LogP contribution is 1.76. The first-order valence-electron chi connectivity index (χ1n) is 2.96. The molecule has 0 radical (unpaired) electrons. The molecular weight excluding hydrogens is 134 g/mol. The number of ether oxygens (including phenoxy) is 1. The number of hydrogen-bond donors (Lipinski definition) is 1. The molecule has 58 valence electrons. The Hall–Kier alpha value is -0.900. The fraction of sp³-hybridized carbons (Fsp3) is 0.667. The van der Waals surface area contributed by atoms with E-state index >= 15 is 0 Å². The van der Waals surface area contributed by atoms with Gasteiger partial charge in [-0.3, -0.25) is 9.59 Å². The summed E-state index contributed by atoms with van der Waals surface area (Å²) in [5.41, 5.74) is 0. The van der Waals surface area contributed by atoms with Gasteiger partial charge >= 0.3 is 5.97 Å². The standard InChI is InChI=1S/C6H11NO3/c1-5(8)4-10-6(9)3-7-2/h7H,3-4H2,1-2H3. The highest BCUT2D eigenvalue weighted by atomic mass is 16.5. The van der Waals surface area contributed by atoms with Crippen molar-refractivity contribution in [1.82, 2.24) is 5.32 Å². The fourth-order valence-corrected chi connectivity index (χ4v) is 0.377. The predicted octanol–water partition coefficient (Wildman–Crippen LogP) is -0.662. The van der Waals surface area contributed by atoms with E-state index in [1.165, 1.54) is 6.92 Å². The van der Waals surface area contributed by atoms with Crippen molar-refractivity contribution in [2.24, 2.45) is 0 Å². The average molecular weight is 145 g/mol. The van der Waals surface area contributed by atoms with E-state index in [2.05, 4.69) is 10.1 Å². The van der Waals surface area contributed by atoms with Crippen molar-refractivity contribution in [1.29, 1.82) is 0 Å². The summed E-state index contributed by atoms with van der Waals surface area (Å²) in [6, 6.07) is 0. The van der Waals surface area contributed by atoms with Crippen LogP contribution >= 0.6 is 0 Å². The number of rotatable bonds is 4. The molecule has 0 bridgehead atoms. The second kappa shape index (κ2) is 4.93. The van der Waals surface area contributed by atoms with Gasteiger partial charge in [0.25, 0.3) is 0 Å². The molecule has 0 aromatic carbocycles. The van der Waals surface area contributed by atoms with Crippen LogP contribution in [0.25, 0.3) is 0 Å². The Bertz CT molecular complexity index is 133. The minimum atomic E-state index is -0.405. The third-order valence-corrected chi connectivity index (χ3v) is 0.758. The lowest BCUT2D eigenvalue weighted by atomic mass is 10.5. The Balaban J connectivity index is 3.30. The van der Waals surface area contributed by atoms with Crippen LogP contribution in [0.1, 0.15) is 6.92 Å². The summed E-state index contributed by atoms with van der Waals surface area (Å²) in [6.07, 6.45) is 0. The van der Waals surface area contributed by atoms with Crippen molar-refractivity contribution in [2.75, 3.05) is 20.2 Å². The molecule has 0 aliphatic heterocycles. The van der Waals surface area contributed by atoms with Crippen LogP contribution in [0.3, 0.4) is 0 Å². The Morgan fingerprint density at radius 2 is 2.10 bits per heavy atom. The summed E-state index contributed by atoms with van der Waals surface area (Å²) in [5.74, 6) is -0.554. The second-order valence-corrected chi connectivity index (χ2v) is 1.89. The third-order valence-electron chi connectivity index (χ3n) is 0.758. The number of hydrogen-bond acceptors (Lipinski definition) is 4. The molecule has 0 amide bonds. The fourth-order valence-electron chi connectivity index (χ4n) is 0.377. The lowest BCUT2D eigenvalue weighted by Gasteiger charge is -1.99. The number of Topliss-reactive ketones (excluding diaryl/α,β-unsaturated/α-hetero) is 1. The number of esters is 1. The minimum absolute atomic E-state index is 0.124. The molecule has 1 N–H and O–H groups in total. The van der Waals surface area contributed by atoms with Crippen LogP contribution in [0.2, 0.25) is 0 Å². The molecule has 0 atom stereocenters. The third kappa shape index (κ3) is 5.24. The monoisotopic (exact) mass is 145 g/mol. The number of ketones is 1. The van der Waals surface area contributed by atoms with Gasteiger partial charge < -0.3 is 10.1 Å². The molecule has 0 heterocycles. The quantitative estimate of drug-likeness (QED) is 0.533. The van der Waals surface area contributed by atoms with Gasteiger partial charge in [-0.1, -0.05) is 0 Å². The Kier molecular flexibility index (Phi) is 4.49. The zero-order valence-corrected chi connectivity index (χ0v) is 6.14. The van der Waals surface area contributed by atoms with Crippen molar-refractivity contribution < 1.29 is 14.3 Å². The Labute approximate surface area is 59.6 Å². The summed E-state index contributed by atoms with van der Waals surface area (Å²) < 4.78 is 4.49. The molecule has 4 heteroatoms. The SMILES string of the molecule is CNCC(=O)OCC(C)=O. The van der Waals surface area contributed by atoms with E-state index in [1.54, 1.807) is 7.05 Å². The van der Waals surface area contributed by atoms with Gasteiger partial charge in [0.05, 0.1) is 6.54 Å². The van der Waals surface area contributed by atoms with E-state index in [-0.39, 0.29) is 18.9 Å². The molecule has 0 saturated carbocycles. The normalized spacial score (nSPS) is 9.00. The van der Waals surface area contributed by atoms with E-state index in [1.807, 2.05) is 0 Å². The zero-order chi connectivity index (χ0) is 7.98. The first kappa shape index (κ1) is 9.10. The molecule has 0 saturated heterocycles. The van der Waals surface area contributed by atoms with Crippen LogP contribution < -0.4 is 5.32 Å². The van der Waals surface area contributed by atoms with Gasteiger partial charge in [0.1, 0.15) is 6.61 Å². The summed E-state index contributed by atoms with van der Waals surface area (Å²) in [5, 5.41) is 2.61. The zero-order valence-electron chi connectivity index (χ0n) is 6.14. The average Bonchev–Trinajstić information content (AvgIpc) is 1.85. The van der Waals surface area contributed by atoms with E-state index in [0.29, 0.717) is 0 Å². The molecule has 0 rings (SSSR count). The molecule has 0 fully saturated rings. The Morgan fingerprint density at radius 1 is 1.50 bits per heavy atom. The molecule has 0 aliphatic rings. The van der Waals surface area contributed by atoms with E-state index in [4.69, 9.17) is 0 Å². The summed E-state index contributed by atoms with van der Waals surface area (Å²) in [7, 11) is 1.63. The summed E-state index contributed by atoms with van der Waals surface area (Å²) in [6.45, 7) is 1.39. The first-order valence-corrected chi connectivity index (χ1v) is 2.96. The van der Waals surface area contributed by atoms with Gasteiger partial charge in [0.15, 0.2) is 5.78 Å². The van der Waals surface area contributed by atoms with Gasteiger partial charge in [-0.2, -0.15) is 0 Å². The van der Waals surface area contributed by atoms with Crippen molar-refractivity contribution >= 4 is 11.8 Å². The molecule has 0 unspecified atom stereocenters. The maximum atomic E-state index is 10.5. The van der Waals surface area contributed by atoms with Crippen LogP contribution in [0, 0.1) is 0 Å². The van der Waals surface area contributed by atoms with Gasteiger partial charge in [-0.15, -0.1) is 0 Å². The van der Waals surface area contributed by atoms with Crippen LogP contribution in [-0.2, 0) is 14.3 Å². The molecular formula is C6H11NO3. The molecule has 0 spiro atoms. The largest absolute Gasteiger partial charge is 0.457 e. The van der Waals surface area contributed by atoms with Crippen LogP contribution in [0.4, 0.5) is 0 Å². The van der Waals surface area contributed by atoms with Gasteiger partial charge in [0, 0.05) is 0 Å². The van der Waals surface area contributed by atoms with E-state index in [0.717, 1.165) is 0 Å². The van der Waals surface area contributed by atoms with Crippen LogP contribution in [0.5, 0.6) is 0 Å². The molecule has 10 heavy (non-hydrogen) atoms. The topological polar surface area (TPSA) is 55.4 Å². The smallest absolute Gasteiger partial charge is 0.320 e. The molecule has 0 aromatic heterocycles. The maximum Gasteiger partial charge on any atom is 0.320 e. The lowest BCUT2D eigenvalue weighted by Crippen LogP contribution is -2.22. The number of carbonyl (C=O) groups excluding carboxylic acids is 2. The van der Waals surface area contributed by atoms with Crippen molar-refractivity contribution in [3.05, 3.63) is 0 Å². The number of likely N-dealkylation sites (N-methyl/N-ethyl adjacent to an activating group) is 1. The summed E-state index contributed by atoms with van der Waals surface area (Å²) >= 11 is 0. The van der Waals surface area contributed by atoms with E-state index in [9.17, 15) is 9.59 Å². The van der Waals surface area contributed by atoms with Crippen molar-refractivity contribution in [2.45, 2.75) is 6.92 Å². The molecule has 0 aromatic rings. The molecule has 4 nitrogen and oxygen atoms in total. The minimum Gasteiger partial charge on any atom is -0.457 e. The van der Waals surface area contributed by atoms with Gasteiger partial charge in [0.2, 0.25) is 0 Å². The number of nitrogens with one attached hydrogen (secondary N) is 1. The van der Waals surface area contributed by atoms with Crippen molar-refractivity contribution in [3.8, 4) is 0 Å². The summed E-state index contributed by atoms with van der Waals surface area (Å²) in [4.78, 5) is 20.8. The van der Waals surface area contributed by atoms with E-state index < -0.39 is 5.97 Å². The second-order valence-electron chi connectivity index (χ2n) is 1.89. The van der Waals surface area contributed by atoms with Gasteiger partial charge in [-0.25, -0.2) is 0 Å². The lowest BCUT2D eigenvalue weighted by molar-refractivity contribution is -0.146. The first-order chi connectivity index (χ1) is 4.66. The molecule has 0 aliphatic carbocycles. The highest BCUT2D eigenvalue weighted by Gasteiger charge is 2.00. The maximum absolute atomic E-state index is 10.5. The Morgan fingerprint density at radius 3 is 2.50 bits per heavy atom. The number of carbonyl (C=O) groups is 2. The van der Waals surface area contributed by atoms with Crippen LogP contribution in [-0.4, -0.2) is 32.0 Å². The van der Waals surface area contributed by atoms with Crippen molar-refractivity contribution in [3.63, 3.8) is 0 Å². The predicted molar refractivity (Wildman–Crippen MR) is 35.6 cm³/mol. The van der Waals surface area contributed by atoms with Gasteiger partial charge in [-0.05, 0) is 14.0 Å².